The summed E-state index contributed by atoms with van der Waals surface area (Å²) in [6.45, 7) is 2.02. The number of carbonyl (C=O) groups excluding carboxylic acids is 1. The van der Waals surface area contributed by atoms with Crippen molar-refractivity contribution in [2.45, 2.75) is 80.7 Å². The molecule has 0 saturated heterocycles. The van der Waals surface area contributed by atoms with Crippen LogP contribution in [0.3, 0.4) is 0 Å². The Morgan fingerprint density at radius 3 is 2.00 bits per heavy atom. The summed E-state index contributed by atoms with van der Waals surface area (Å²) in [5, 5.41) is 0. The Labute approximate surface area is 172 Å². The van der Waals surface area contributed by atoms with Crippen LogP contribution in [0.2, 0.25) is 0 Å². The Kier molecular flexibility index (Phi) is 8.81. The Morgan fingerprint density at radius 2 is 1.52 bits per heavy atom. The smallest absolute Gasteiger partial charge is 0.222 e. The van der Waals surface area contributed by atoms with Crippen LogP contribution in [0, 0.1) is 12.3 Å². The molecule has 3 nitrogen and oxygen atoms in total. The molecule has 0 heterocycles. The molecule has 152 valence electrons. The van der Waals surface area contributed by atoms with Gasteiger partial charge in [-0.1, -0.05) is 62.6 Å². The number of rotatable bonds is 5. The quantitative estimate of drug-likeness (QED) is 0.586. The molecule has 1 amide bonds. The fourth-order valence-electron chi connectivity index (χ4n) is 3.93. The standard InChI is InChI=1S/C22H34ClNO2S/c1-18-11-13-19(14-12-18)27(26)21(23)22(17-20(25)24(2)3)15-9-7-5-4-6-8-10-16-22/h11-14,21H,4-10,15-17H2,1-3H3. The van der Waals surface area contributed by atoms with Crippen molar-refractivity contribution in [3.63, 3.8) is 0 Å². The maximum atomic E-state index is 13.3. The SMILES string of the molecule is Cc1ccc(S(=O)C(Cl)C2(CC(=O)N(C)C)CCCCCCCCC2)cc1. The average molecular weight is 412 g/mol. The summed E-state index contributed by atoms with van der Waals surface area (Å²) in [4.78, 5) is 15.0. The first-order chi connectivity index (χ1) is 12.9. The molecule has 27 heavy (non-hydrogen) atoms. The van der Waals surface area contributed by atoms with E-state index < -0.39 is 20.9 Å². The molecule has 2 atom stereocenters. The normalized spacial score (nSPS) is 20.4. The average Bonchev–Trinajstić information content (AvgIpc) is 2.66. The second-order valence-corrected chi connectivity index (χ2v) is 10.5. The van der Waals surface area contributed by atoms with Gasteiger partial charge in [0.2, 0.25) is 5.91 Å². The van der Waals surface area contributed by atoms with Crippen molar-refractivity contribution in [2.75, 3.05) is 14.1 Å². The molecule has 5 heteroatoms. The largest absolute Gasteiger partial charge is 0.349 e. The minimum Gasteiger partial charge on any atom is -0.349 e. The van der Waals surface area contributed by atoms with Crippen LogP contribution in [0.15, 0.2) is 29.2 Å². The van der Waals surface area contributed by atoms with Gasteiger partial charge in [0.05, 0.1) is 10.8 Å². The molecule has 1 aliphatic carbocycles. The van der Waals surface area contributed by atoms with E-state index in [9.17, 15) is 9.00 Å². The fourth-order valence-corrected chi connectivity index (χ4v) is 5.95. The summed E-state index contributed by atoms with van der Waals surface area (Å²) in [6, 6.07) is 7.76. The van der Waals surface area contributed by atoms with Crippen LogP contribution in [0.5, 0.6) is 0 Å². The highest BCUT2D eigenvalue weighted by atomic mass is 35.5. The molecule has 1 saturated carbocycles. The lowest BCUT2D eigenvalue weighted by Crippen LogP contribution is -2.40. The number of amides is 1. The van der Waals surface area contributed by atoms with Gasteiger partial charge < -0.3 is 4.90 Å². The van der Waals surface area contributed by atoms with Crippen LogP contribution < -0.4 is 0 Å². The summed E-state index contributed by atoms with van der Waals surface area (Å²) in [6.07, 6.45) is 10.3. The van der Waals surface area contributed by atoms with Crippen LogP contribution in [0.4, 0.5) is 0 Å². The Bertz CT molecular complexity index is 620. The molecule has 2 unspecified atom stereocenters. The fraction of sp³-hybridized carbons (Fsp3) is 0.682. The van der Waals surface area contributed by atoms with E-state index in [-0.39, 0.29) is 5.91 Å². The lowest BCUT2D eigenvalue weighted by atomic mass is 9.75. The Balaban J connectivity index is 2.31. The number of nitrogens with zero attached hydrogens (tertiary/aromatic N) is 1. The maximum absolute atomic E-state index is 13.3. The van der Waals surface area contributed by atoms with E-state index in [0.29, 0.717) is 6.42 Å². The number of hydrogen-bond acceptors (Lipinski definition) is 2. The van der Waals surface area contributed by atoms with E-state index in [0.717, 1.165) is 36.1 Å². The van der Waals surface area contributed by atoms with Gasteiger partial charge in [0.1, 0.15) is 4.71 Å². The number of aryl methyl sites for hydroxylation is 1. The number of halogens is 1. The van der Waals surface area contributed by atoms with Crippen LogP contribution in [-0.2, 0) is 15.6 Å². The van der Waals surface area contributed by atoms with E-state index in [1.165, 1.54) is 32.1 Å². The molecule has 0 N–H and O–H groups in total. The monoisotopic (exact) mass is 411 g/mol. The number of alkyl halides is 1. The molecule has 0 spiro atoms. The van der Waals surface area contributed by atoms with Gasteiger partial charge in [0.15, 0.2) is 0 Å². The number of hydrogen-bond donors (Lipinski definition) is 0. The first-order valence-electron chi connectivity index (χ1n) is 10.2. The third-order valence-electron chi connectivity index (χ3n) is 5.77. The lowest BCUT2D eigenvalue weighted by Gasteiger charge is -2.38. The summed E-state index contributed by atoms with van der Waals surface area (Å²) in [5.74, 6) is 0.0821. The van der Waals surface area contributed by atoms with Gasteiger partial charge >= 0.3 is 0 Å². The van der Waals surface area contributed by atoms with Gasteiger partial charge in [0, 0.05) is 30.8 Å². The predicted molar refractivity (Wildman–Crippen MR) is 115 cm³/mol. The molecule has 1 fully saturated rings. The second-order valence-electron chi connectivity index (χ2n) is 8.23. The van der Waals surface area contributed by atoms with Gasteiger partial charge in [-0.3, -0.25) is 9.00 Å². The van der Waals surface area contributed by atoms with E-state index in [2.05, 4.69) is 0 Å². The van der Waals surface area contributed by atoms with Gasteiger partial charge in [-0.05, 0) is 31.9 Å². The van der Waals surface area contributed by atoms with Crippen molar-refractivity contribution in [3.05, 3.63) is 29.8 Å². The van der Waals surface area contributed by atoms with Crippen molar-refractivity contribution in [3.8, 4) is 0 Å². The lowest BCUT2D eigenvalue weighted by molar-refractivity contribution is -0.131. The second kappa shape index (κ2) is 10.6. The van der Waals surface area contributed by atoms with Crippen molar-refractivity contribution in [1.82, 2.24) is 4.90 Å². The zero-order valence-corrected chi connectivity index (χ0v) is 18.6. The van der Waals surface area contributed by atoms with Crippen LogP contribution in [0.25, 0.3) is 0 Å². The first kappa shape index (κ1) is 22.4. The van der Waals surface area contributed by atoms with E-state index in [1.54, 1.807) is 19.0 Å². The molecule has 1 aromatic carbocycles. The summed E-state index contributed by atoms with van der Waals surface area (Å²) in [5.41, 5.74) is 0.730. The molecule has 0 radical (unpaired) electrons. The Hall–Kier alpha value is -0.870. The van der Waals surface area contributed by atoms with E-state index in [1.807, 2.05) is 31.2 Å². The van der Waals surface area contributed by atoms with Gasteiger partial charge in [-0.2, -0.15) is 0 Å². The Morgan fingerprint density at radius 1 is 1.04 bits per heavy atom. The first-order valence-corrected chi connectivity index (χ1v) is 11.8. The predicted octanol–water partition coefficient (Wildman–Crippen LogP) is 5.66. The molecular formula is C22H34ClNO2S. The highest BCUT2D eigenvalue weighted by molar-refractivity contribution is 7.87. The molecule has 0 aliphatic heterocycles. The molecule has 1 aromatic rings. The van der Waals surface area contributed by atoms with Crippen LogP contribution >= 0.6 is 11.6 Å². The number of benzene rings is 1. The van der Waals surface area contributed by atoms with Crippen molar-refractivity contribution in [2.24, 2.45) is 5.41 Å². The van der Waals surface area contributed by atoms with E-state index >= 15 is 0 Å². The minimum absolute atomic E-state index is 0.0821. The molecule has 2 rings (SSSR count). The zero-order valence-electron chi connectivity index (χ0n) is 17.0. The third kappa shape index (κ3) is 6.32. The van der Waals surface area contributed by atoms with Gasteiger partial charge in [-0.25, -0.2) is 0 Å². The molecule has 0 aromatic heterocycles. The minimum atomic E-state index is -1.33. The summed E-state index contributed by atoms with van der Waals surface area (Å²) < 4.78 is 12.8. The van der Waals surface area contributed by atoms with E-state index in [4.69, 9.17) is 11.6 Å². The highest BCUT2D eigenvalue weighted by Crippen LogP contribution is 2.45. The molecule has 1 aliphatic rings. The summed E-state index contributed by atoms with van der Waals surface area (Å²) in [7, 11) is 2.24. The number of carbonyl (C=O) groups is 1. The van der Waals surface area contributed by atoms with Crippen molar-refractivity contribution >= 4 is 28.3 Å². The molecule has 0 bridgehead atoms. The van der Waals surface area contributed by atoms with Crippen LogP contribution in [-0.4, -0.2) is 33.8 Å². The van der Waals surface area contributed by atoms with Gasteiger partial charge in [-0.15, -0.1) is 11.6 Å². The topological polar surface area (TPSA) is 37.4 Å². The molecular weight excluding hydrogens is 378 g/mol. The van der Waals surface area contributed by atoms with Crippen molar-refractivity contribution in [1.29, 1.82) is 0 Å². The maximum Gasteiger partial charge on any atom is 0.222 e. The summed E-state index contributed by atoms with van der Waals surface area (Å²) >= 11 is 6.94. The third-order valence-corrected chi connectivity index (χ3v) is 8.34. The van der Waals surface area contributed by atoms with Gasteiger partial charge in [0.25, 0.3) is 0 Å². The van der Waals surface area contributed by atoms with Crippen molar-refractivity contribution < 1.29 is 9.00 Å². The zero-order chi connectivity index (χ0) is 19.9. The van der Waals surface area contributed by atoms with Crippen LogP contribution in [0.1, 0.15) is 69.8 Å². The highest BCUT2D eigenvalue weighted by Gasteiger charge is 2.43.